The van der Waals surface area contributed by atoms with Crippen LogP contribution in [-0.4, -0.2) is 56.6 Å². The molecule has 0 radical (unpaired) electrons. The molecule has 0 aliphatic rings. The maximum Gasteiger partial charge on any atom is 0.328 e. The van der Waals surface area contributed by atoms with Crippen molar-refractivity contribution >= 4 is 11.9 Å². The zero-order chi connectivity index (χ0) is 29.2. The van der Waals surface area contributed by atoms with Crippen LogP contribution in [0.4, 0.5) is 0 Å². The summed E-state index contributed by atoms with van der Waals surface area (Å²) in [6, 6.07) is 22.3. The Hall–Kier alpha value is -4.74. The lowest BCUT2D eigenvalue weighted by Gasteiger charge is -2.10. The van der Waals surface area contributed by atoms with Gasteiger partial charge >= 0.3 is 11.9 Å². The molecule has 3 aromatic carbocycles. The number of carboxylic acid groups (broad SMARTS) is 2. The Morgan fingerprint density at radius 3 is 2.10 bits per heavy atom. The van der Waals surface area contributed by atoms with Gasteiger partial charge in [0, 0.05) is 23.3 Å². The van der Waals surface area contributed by atoms with Crippen molar-refractivity contribution in [3.63, 3.8) is 0 Å². The fourth-order valence-corrected chi connectivity index (χ4v) is 3.63. The topological polar surface area (TPSA) is 114 Å². The lowest BCUT2D eigenvalue weighted by molar-refractivity contribution is -0.134. The summed E-state index contributed by atoms with van der Waals surface area (Å²) >= 11 is 0. The standard InChI is InChI=1S/C28H31NO3.C4H4O4/c1-30-26-15-14-24(13-11-22-8-5-4-6-9-22)25(21-26)10-7-18-29-19-17-23-12-16-27(31-2)28(20-23)32-3;5-3(6)1-2-4(7)8/h4-6,8-9,12,14-16,20-21,29H,7,10,17-19H2,1-3H3;1-2H,(H,5,6)(H,7,8)/b;2-1+. The predicted molar refractivity (Wildman–Crippen MR) is 154 cm³/mol. The van der Waals surface area contributed by atoms with E-state index in [4.69, 9.17) is 24.4 Å². The highest BCUT2D eigenvalue weighted by molar-refractivity contribution is 5.89. The number of carboxylic acids is 2. The Morgan fingerprint density at radius 2 is 1.48 bits per heavy atom. The Bertz CT molecular complexity index is 1310. The van der Waals surface area contributed by atoms with Crippen molar-refractivity contribution in [2.75, 3.05) is 34.4 Å². The van der Waals surface area contributed by atoms with E-state index in [0.29, 0.717) is 12.2 Å². The van der Waals surface area contributed by atoms with Gasteiger partial charge in [0.2, 0.25) is 0 Å². The Morgan fingerprint density at radius 1 is 0.775 bits per heavy atom. The van der Waals surface area contributed by atoms with Crippen LogP contribution >= 0.6 is 0 Å². The van der Waals surface area contributed by atoms with Gasteiger partial charge in [0.1, 0.15) is 5.75 Å². The summed E-state index contributed by atoms with van der Waals surface area (Å²) in [7, 11) is 5.02. The Kier molecular flexibility index (Phi) is 13.9. The van der Waals surface area contributed by atoms with Crippen LogP contribution in [0.1, 0.15) is 28.7 Å². The first-order valence-electron chi connectivity index (χ1n) is 12.7. The molecule has 3 rings (SSSR count). The van der Waals surface area contributed by atoms with Gasteiger partial charge in [-0.3, -0.25) is 0 Å². The van der Waals surface area contributed by atoms with Gasteiger partial charge in [-0.15, -0.1) is 0 Å². The maximum absolute atomic E-state index is 9.55. The van der Waals surface area contributed by atoms with E-state index in [0.717, 1.165) is 60.7 Å². The van der Waals surface area contributed by atoms with Crippen molar-refractivity contribution in [1.29, 1.82) is 0 Å². The first kappa shape index (κ1) is 31.5. The second-order valence-electron chi connectivity index (χ2n) is 8.44. The molecule has 0 unspecified atom stereocenters. The SMILES string of the molecule is COc1ccc(C#Cc2ccccc2)c(CCCNCCc2ccc(OC)c(OC)c2)c1.O=C(O)/C=C/C(=O)O. The number of carbonyl (C=O) groups is 2. The van der Waals surface area contributed by atoms with E-state index in [9.17, 15) is 9.59 Å². The van der Waals surface area contributed by atoms with Gasteiger partial charge in [0.25, 0.3) is 0 Å². The van der Waals surface area contributed by atoms with E-state index in [1.807, 2.05) is 48.5 Å². The lowest BCUT2D eigenvalue weighted by atomic mass is 10.0. The zero-order valence-electron chi connectivity index (χ0n) is 23.0. The minimum atomic E-state index is -1.26. The number of aryl methyl sites for hydroxylation is 1. The van der Waals surface area contributed by atoms with Crippen molar-refractivity contribution in [2.45, 2.75) is 19.3 Å². The minimum absolute atomic E-state index is 0.558. The number of hydrogen-bond acceptors (Lipinski definition) is 6. The lowest BCUT2D eigenvalue weighted by Crippen LogP contribution is -2.19. The number of hydrogen-bond donors (Lipinski definition) is 3. The first-order chi connectivity index (χ1) is 19.4. The first-order valence-corrected chi connectivity index (χ1v) is 12.7. The molecule has 0 spiro atoms. The van der Waals surface area contributed by atoms with E-state index in [-0.39, 0.29) is 0 Å². The molecule has 0 saturated heterocycles. The second kappa shape index (κ2) is 17.7. The highest BCUT2D eigenvalue weighted by Crippen LogP contribution is 2.27. The van der Waals surface area contributed by atoms with Gasteiger partial charge in [0.15, 0.2) is 11.5 Å². The summed E-state index contributed by atoms with van der Waals surface area (Å²) in [4.78, 5) is 19.1. The number of rotatable bonds is 12. The number of methoxy groups -OCH3 is 3. The van der Waals surface area contributed by atoms with Crippen LogP contribution in [0.2, 0.25) is 0 Å². The van der Waals surface area contributed by atoms with Crippen LogP contribution in [0.5, 0.6) is 17.2 Å². The highest BCUT2D eigenvalue weighted by Gasteiger charge is 2.05. The molecular weight excluding hydrogens is 510 g/mol. The molecule has 210 valence electrons. The van der Waals surface area contributed by atoms with Gasteiger partial charge in [0.05, 0.1) is 21.3 Å². The summed E-state index contributed by atoms with van der Waals surface area (Å²) in [6.45, 7) is 1.85. The van der Waals surface area contributed by atoms with Gasteiger partial charge < -0.3 is 29.7 Å². The molecule has 0 bridgehead atoms. The Balaban J connectivity index is 0.000000611. The summed E-state index contributed by atoms with van der Waals surface area (Å²) < 4.78 is 16.1. The van der Waals surface area contributed by atoms with Crippen LogP contribution in [0.25, 0.3) is 0 Å². The minimum Gasteiger partial charge on any atom is -0.497 e. The highest BCUT2D eigenvalue weighted by atomic mass is 16.5. The van der Waals surface area contributed by atoms with Crippen molar-refractivity contribution in [3.8, 4) is 29.1 Å². The third-order valence-electron chi connectivity index (χ3n) is 5.63. The average molecular weight is 546 g/mol. The van der Waals surface area contributed by atoms with Crippen molar-refractivity contribution in [3.05, 3.63) is 101 Å². The van der Waals surface area contributed by atoms with E-state index >= 15 is 0 Å². The molecule has 0 atom stereocenters. The van der Waals surface area contributed by atoms with Crippen LogP contribution in [-0.2, 0) is 22.4 Å². The van der Waals surface area contributed by atoms with Crippen molar-refractivity contribution in [1.82, 2.24) is 5.32 Å². The normalized spacial score (nSPS) is 10.1. The number of aliphatic carboxylic acids is 2. The van der Waals surface area contributed by atoms with Crippen LogP contribution in [0.3, 0.4) is 0 Å². The third-order valence-corrected chi connectivity index (χ3v) is 5.63. The summed E-state index contributed by atoms with van der Waals surface area (Å²) in [5, 5.41) is 19.2. The molecule has 0 amide bonds. The van der Waals surface area contributed by atoms with Gasteiger partial charge in [-0.05, 0) is 85.9 Å². The third kappa shape index (κ3) is 11.8. The smallest absolute Gasteiger partial charge is 0.328 e. The van der Waals surface area contributed by atoms with Crippen molar-refractivity contribution < 1.29 is 34.0 Å². The van der Waals surface area contributed by atoms with Crippen LogP contribution in [0.15, 0.2) is 78.9 Å². The fraction of sp³-hybridized carbons (Fsp3) is 0.250. The van der Waals surface area contributed by atoms with E-state index in [1.165, 1.54) is 11.1 Å². The molecule has 40 heavy (non-hydrogen) atoms. The molecule has 8 heteroatoms. The quantitative estimate of drug-likeness (QED) is 0.172. The largest absolute Gasteiger partial charge is 0.497 e. The van der Waals surface area contributed by atoms with Gasteiger partial charge in [-0.2, -0.15) is 0 Å². The molecule has 8 nitrogen and oxygen atoms in total. The fourth-order valence-electron chi connectivity index (χ4n) is 3.63. The monoisotopic (exact) mass is 545 g/mol. The van der Waals surface area contributed by atoms with Gasteiger partial charge in [-0.1, -0.05) is 36.1 Å². The number of ether oxygens (including phenoxy) is 3. The molecule has 0 heterocycles. The molecule has 0 fully saturated rings. The molecule has 3 N–H and O–H groups in total. The molecule has 0 aliphatic carbocycles. The summed E-state index contributed by atoms with van der Waals surface area (Å²) in [6.07, 6.45) is 4.02. The zero-order valence-corrected chi connectivity index (χ0v) is 23.0. The van der Waals surface area contributed by atoms with E-state index in [2.05, 4.69) is 35.4 Å². The molecule has 0 saturated carbocycles. The average Bonchev–Trinajstić information content (AvgIpc) is 2.97. The Labute approximate surface area is 235 Å². The second-order valence-corrected chi connectivity index (χ2v) is 8.44. The molecular formula is C32H35NO7. The maximum atomic E-state index is 9.55. The molecule has 0 aliphatic heterocycles. The van der Waals surface area contributed by atoms with Crippen LogP contribution in [0, 0.1) is 11.8 Å². The summed E-state index contributed by atoms with van der Waals surface area (Å²) in [5.74, 6) is 6.47. The van der Waals surface area contributed by atoms with Crippen molar-refractivity contribution in [2.24, 2.45) is 0 Å². The van der Waals surface area contributed by atoms with E-state index in [1.54, 1.807) is 21.3 Å². The molecule has 3 aromatic rings. The summed E-state index contributed by atoms with van der Waals surface area (Å²) in [5.41, 5.74) is 4.52. The van der Waals surface area contributed by atoms with Gasteiger partial charge in [-0.25, -0.2) is 9.59 Å². The number of nitrogens with one attached hydrogen (secondary N) is 1. The predicted octanol–water partition coefficient (Wildman–Crippen LogP) is 4.59. The molecule has 0 aromatic heterocycles. The van der Waals surface area contributed by atoms with Crippen LogP contribution < -0.4 is 19.5 Å². The van der Waals surface area contributed by atoms with E-state index < -0.39 is 11.9 Å². The number of benzene rings is 3.